The highest BCUT2D eigenvalue weighted by atomic mass is 16.5. The first-order chi connectivity index (χ1) is 13.2. The minimum Gasteiger partial charge on any atom is -0.360 e. The normalized spacial score (nSPS) is 11.3. The van der Waals surface area contributed by atoms with Gasteiger partial charge in [-0.3, -0.25) is 9.59 Å². The van der Waals surface area contributed by atoms with Crippen molar-refractivity contribution in [3.63, 3.8) is 0 Å². The van der Waals surface area contributed by atoms with Crippen LogP contribution in [-0.2, 0) is 11.2 Å². The Balaban J connectivity index is 2.07. The van der Waals surface area contributed by atoms with Gasteiger partial charge in [-0.2, -0.15) is 0 Å². The molecule has 0 fully saturated rings. The van der Waals surface area contributed by atoms with Gasteiger partial charge in [0.1, 0.15) is 12.3 Å². The first-order valence-electron chi connectivity index (χ1n) is 9.84. The van der Waals surface area contributed by atoms with Crippen LogP contribution in [0.25, 0.3) is 0 Å². The van der Waals surface area contributed by atoms with Gasteiger partial charge in [-0.25, -0.2) is 0 Å². The van der Waals surface area contributed by atoms with E-state index in [-0.39, 0.29) is 18.4 Å². The molecule has 1 heterocycles. The Bertz CT molecular complexity index is 788. The number of hydrogen-bond acceptors (Lipinski definition) is 4. The Morgan fingerprint density at radius 1 is 1.14 bits per heavy atom. The number of benzene rings is 1. The molecular weight excluding hydrogens is 354 g/mol. The third-order valence-electron chi connectivity index (χ3n) is 4.52. The van der Waals surface area contributed by atoms with E-state index in [1.165, 1.54) is 18.4 Å². The maximum absolute atomic E-state index is 13.1. The number of nitrogens with zero attached hydrogens (tertiary/aromatic N) is 2. The quantitative estimate of drug-likeness (QED) is 0.674. The number of amides is 2. The van der Waals surface area contributed by atoms with Gasteiger partial charge < -0.3 is 14.7 Å². The van der Waals surface area contributed by atoms with Crippen LogP contribution in [0.2, 0.25) is 0 Å². The van der Waals surface area contributed by atoms with E-state index in [0.717, 1.165) is 12.8 Å². The van der Waals surface area contributed by atoms with Gasteiger partial charge in [-0.05, 0) is 58.2 Å². The number of carbonyl (C=O) groups excluding carboxylic acids is 2. The number of aromatic nitrogens is 1. The summed E-state index contributed by atoms with van der Waals surface area (Å²) >= 11 is 0. The van der Waals surface area contributed by atoms with Crippen molar-refractivity contribution in [1.29, 1.82) is 0 Å². The largest absolute Gasteiger partial charge is 0.360 e. The van der Waals surface area contributed by atoms with Gasteiger partial charge in [-0.15, -0.1) is 0 Å². The second-order valence-electron chi connectivity index (χ2n) is 8.09. The first kappa shape index (κ1) is 21.7. The van der Waals surface area contributed by atoms with Crippen molar-refractivity contribution in [1.82, 2.24) is 10.1 Å². The van der Waals surface area contributed by atoms with Crippen molar-refractivity contribution < 1.29 is 14.1 Å². The van der Waals surface area contributed by atoms with E-state index in [4.69, 9.17) is 4.52 Å². The fraction of sp³-hybridized carbons (Fsp3) is 0.500. The highest BCUT2D eigenvalue weighted by molar-refractivity contribution is 5.99. The van der Waals surface area contributed by atoms with Gasteiger partial charge in [0.25, 0.3) is 5.91 Å². The lowest BCUT2D eigenvalue weighted by atomic mass is 10.0. The molecule has 1 N–H and O–H groups in total. The van der Waals surface area contributed by atoms with Crippen LogP contribution >= 0.6 is 0 Å². The second kappa shape index (κ2) is 9.53. The van der Waals surface area contributed by atoms with Gasteiger partial charge in [0, 0.05) is 17.2 Å². The maximum atomic E-state index is 13.1. The van der Waals surface area contributed by atoms with Gasteiger partial charge in [0.15, 0.2) is 5.82 Å². The number of carbonyl (C=O) groups is 2. The number of aryl methyl sites for hydroxylation is 2. The predicted molar refractivity (Wildman–Crippen MR) is 110 cm³/mol. The summed E-state index contributed by atoms with van der Waals surface area (Å²) in [7, 11) is 0. The number of unbranched alkanes of at least 4 members (excludes halogenated alkanes) is 2. The Hall–Kier alpha value is -2.63. The molecular formula is C22H31N3O3. The van der Waals surface area contributed by atoms with Crippen molar-refractivity contribution >= 4 is 17.6 Å². The van der Waals surface area contributed by atoms with Crippen molar-refractivity contribution in [2.75, 3.05) is 11.9 Å². The van der Waals surface area contributed by atoms with Crippen LogP contribution < -0.4 is 5.32 Å². The molecule has 0 saturated heterocycles. The molecule has 0 spiro atoms. The standard InChI is InChI=1S/C22H31N3O3/c1-6-7-8-9-17-10-12-18(13-11-17)21(27)25(22(3,4)5)15-20(26)23-19-14-16(2)28-24-19/h10-14H,6-9,15H2,1-5H3,(H,23,24,26). The summed E-state index contributed by atoms with van der Waals surface area (Å²) in [6.45, 7) is 9.61. The molecule has 28 heavy (non-hydrogen) atoms. The van der Waals surface area contributed by atoms with Crippen LogP contribution in [0.4, 0.5) is 5.82 Å². The van der Waals surface area contributed by atoms with Crippen LogP contribution in [0, 0.1) is 6.92 Å². The molecule has 152 valence electrons. The van der Waals surface area contributed by atoms with Crippen LogP contribution in [0.5, 0.6) is 0 Å². The molecule has 0 aliphatic heterocycles. The first-order valence-corrected chi connectivity index (χ1v) is 9.84. The maximum Gasteiger partial charge on any atom is 0.254 e. The SMILES string of the molecule is CCCCCc1ccc(C(=O)N(CC(=O)Nc2cc(C)on2)C(C)(C)C)cc1. The summed E-state index contributed by atoms with van der Waals surface area (Å²) in [5.74, 6) is 0.477. The average Bonchev–Trinajstić information content (AvgIpc) is 3.03. The third kappa shape index (κ3) is 6.22. The lowest BCUT2D eigenvalue weighted by Gasteiger charge is -2.35. The van der Waals surface area contributed by atoms with E-state index >= 15 is 0 Å². The Labute approximate surface area is 167 Å². The molecule has 0 unspecified atom stereocenters. The number of hydrogen-bond donors (Lipinski definition) is 1. The monoisotopic (exact) mass is 385 g/mol. The third-order valence-corrected chi connectivity index (χ3v) is 4.52. The predicted octanol–water partition coefficient (Wildman–Crippen LogP) is 4.60. The number of nitrogens with one attached hydrogen (secondary N) is 1. The average molecular weight is 386 g/mol. The molecule has 6 nitrogen and oxygen atoms in total. The molecule has 0 saturated carbocycles. The second-order valence-corrected chi connectivity index (χ2v) is 8.09. The van der Waals surface area contributed by atoms with E-state index in [9.17, 15) is 9.59 Å². The minimum absolute atomic E-state index is 0.0630. The molecule has 0 aliphatic rings. The summed E-state index contributed by atoms with van der Waals surface area (Å²) in [6, 6.07) is 9.34. The molecule has 2 rings (SSSR count). The van der Waals surface area contributed by atoms with E-state index in [1.807, 2.05) is 45.0 Å². The summed E-state index contributed by atoms with van der Waals surface area (Å²) in [6.07, 6.45) is 4.57. The van der Waals surface area contributed by atoms with E-state index in [2.05, 4.69) is 17.4 Å². The molecule has 0 atom stereocenters. The molecule has 0 radical (unpaired) electrons. The topological polar surface area (TPSA) is 75.4 Å². The summed E-state index contributed by atoms with van der Waals surface area (Å²) in [5.41, 5.74) is 1.30. The lowest BCUT2D eigenvalue weighted by molar-refractivity contribution is -0.117. The summed E-state index contributed by atoms with van der Waals surface area (Å²) in [4.78, 5) is 27.1. The van der Waals surface area contributed by atoms with Crippen molar-refractivity contribution in [3.05, 3.63) is 47.2 Å². The Morgan fingerprint density at radius 3 is 2.36 bits per heavy atom. The number of rotatable bonds is 8. The van der Waals surface area contributed by atoms with Gasteiger partial charge in [-0.1, -0.05) is 37.1 Å². The van der Waals surface area contributed by atoms with Crippen LogP contribution in [0.1, 0.15) is 68.6 Å². The zero-order valence-electron chi connectivity index (χ0n) is 17.5. The van der Waals surface area contributed by atoms with Crippen LogP contribution in [-0.4, -0.2) is 34.0 Å². The van der Waals surface area contributed by atoms with Gasteiger partial charge >= 0.3 is 0 Å². The molecule has 1 aromatic carbocycles. The van der Waals surface area contributed by atoms with Crippen LogP contribution in [0.3, 0.4) is 0 Å². The van der Waals surface area contributed by atoms with E-state index < -0.39 is 5.54 Å². The fourth-order valence-electron chi connectivity index (χ4n) is 2.91. The van der Waals surface area contributed by atoms with Crippen molar-refractivity contribution in [2.45, 2.75) is 65.8 Å². The van der Waals surface area contributed by atoms with E-state index in [0.29, 0.717) is 17.1 Å². The van der Waals surface area contributed by atoms with Crippen molar-refractivity contribution in [2.24, 2.45) is 0 Å². The zero-order valence-corrected chi connectivity index (χ0v) is 17.5. The van der Waals surface area contributed by atoms with Crippen LogP contribution in [0.15, 0.2) is 34.9 Å². The highest BCUT2D eigenvalue weighted by Crippen LogP contribution is 2.19. The minimum atomic E-state index is -0.506. The van der Waals surface area contributed by atoms with Crippen molar-refractivity contribution in [3.8, 4) is 0 Å². The highest BCUT2D eigenvalue weighted by Gasteiger charge is 2.29. The fourth-order valence-corrected chi connectivity index (χ4v) is 2.91. The van der Waals surface area contributed by atoms with Gasteiger partial charge in [0.2, 0.25) is 5.91 Å². The molecule has 1 aromatic heterocycles. The van der Waals surface area contributed by atoms with E-state index in [1.54, 1.807) is 17.9 Å². The zero-order chi connectivity index (χ0) is 20.7. The Kier molecular flexibility index (Phi) is 7.38. The summed E-state index contributed by atoms with van der Waals surface area (Å²) in [5, 5.41) is 6.43. The number of anilines is 1. The molecule has 2 amide bonds. The molecule has 6 heteroatoms. The summed E-state index contributed by atoms with van der Waals surface area (Å²) < 4.78 is 4.96. The molecule has 0 bridgehead atoms. The smallest absolute Gasteiger partial charge is 0.254 e. The Morgan fingerprint density at radius 2 is 1.82 bits per heavy atom. The molecule has 2 aromatic rings. The van der Waals surface area contributed by atoms with Gasteiger partial charge in [0.05, 0.1) is 0 Å². The lowest BCUT2D eigenvalue weighted by Crippen LogP contribution is -2.49. The molecule has 0 aliphatic carbocycles.